The van der Waals surface area contributed by atoms with Crippen LogP contribution in [0, 0.1) is 0 Å². The number of ether oxygens (including phenoxy) is 1. The average Bonchev–Trinajstić information content (AvgIpc) is 2.72. The fourth-order valence-corrected chi connectivity index (χ4v) is 3.81. The first-order chi connectivity index (χ1) is 13.7. The molecule has 0 bridgehead atoms. The van der Waals surface area contributed by atoms with Gasteiger partial charge >= 0.3 is 0 Å². The van der Waals surface area contributed by atoms with Crippen LogP contribution in [0.25, 0.3) is 0 Å². The first-order valence-electron chi connectivity index (χ1n) is 9.99. The molecule has 0 aromatic heterocycles. The number of hydrogen-bond donors (Lipinski definition) is 2. The van der Waals surface area contributed by atoms with Crippen molar-refractivity contribution in [1.29, 1.82) is 0 Å². The van der Waals surface area contributed by atoms with Crippen molar-refractivity contribution in [3.05, 3.63) is 48.0 Å². The van der Waals surface area contributed by atoms with E-state index in [1.54, 1.807) is 12.1 Å². The van der Waals surface area contributed by atoms with Crippen molar-refractivity contribution < 1.29 is 14.6 Å². The Morgan fingerprint density at radius 3 is 2.57 bits per heavy atom. The van der Waals surface area contributed by atoms with Crippen LogP contribution in [0.2, 0.25) is 0 Å². The first-order valence-corrected chi connectivity index (χ1v) is 9.99. The van der Waals surface area contributed by atoms with E-state index in [4.69, 9.17) is 4.74 Å². The van der Waals surface area contributed by atoms with E-state index in [1.807, 2.05) is 30.3 Å². The van der Waals surface area contributed by atoms with E-state index in [9.17, 15) is 9.90 Å². The molecule has 2 aromatic carbocycles. The van der Waals surface area contributed by atoms with Gasteiger partial charge in [0.25, 0.3) is 0 Å². The van der Waals surface area contributed by atoms with Crippen LogP contribution < -0.4 is 15.0 Å². The maximum Gasteiger partial charge on any atom is 0.224 e. The molecule has 0 unspecified atom stereocenters. The molecule has 28 heavy (non-hydrogen) atoms. The van der Waals surface area contributed by atoms with Gasteiger partial charge in [0.1, 0.15) is 11.5 Å². The number of nitrogens with zero attached hydrogens (tertiary/aromatic N) is 2. The van der Waals surface area contributed by atoms with Crippen LogP contribution in [0.5, 0.6) is 11.5 Å². The lowest BCUT2D eigenvalue weighted by Gasteiger charge is -2.36. The third-order valence-electron chi connectivity index (χ3n) is 5.45. The van der Waals surface area contributed by atoms with Crippen LogP contribution in [0.1, 0.15) is 18.4 Å². The minimum absolute atomic E-state index is 0.0797. The largest absolute Gasteiger partial charge is 0.508 e. The Balaban J connectivity index is 1.18. The highest BCUT2D eigenvalue weighted by Crippen LogP contribution is 2.27. The highest BCUT2D eigenvalue weighted by molar-refractivity contribution is 5.94. The lowest BCUT2D eigenvalue weighted by molar-refractivity contribution is -0.116. The zero-order valence-corrected chi connectivity index (χ0v) is 16.1. The van der Waals surface area contributed by atoms with E-state index >= 15 is 0 Å². The number of fused-ring (bicyclic) bond motifs is 1. The van der Waals surface area contributed by atoms with E-state index < -0.39 is 0 Å². The number of carbonyl (C=O) groups excluding carboxylic acids is 1. The summed E-state index contributed by atoms with van der Waals surface area (Å²) in [6.45, 7) is 5.75. The van der Waals surface area contributed by atoms with Gasteiger partial charge in [-0.1, -0.05) is 6.07 Å². The molecule has 6 nitrogen and oxygen atoms in total. The molecular weight excluding hydrogens is 354 g/mol. The molecule has 148 valence electrons. The van der Waals surface area contributed by atoms with Crippen LogP contribution in [-0.2, 0) is 11.2 Å². The molecule has 0 atom stereocenters. The summed E-state index contributed by atoms with van der Waals surface area (Å²) in [4.78, 5) is 16.3. The molecule has 6 heteroatoms. The fourth-order valence-electron chi connectivity index (χ4n) is 3.81. The summed E-state index contributed by atoms with van der Waals surface area (Å²) in [5.74, 6) is 1.21. The topological polar surface area (TPSA) is 65.0 Å². The molecule has 0 spiro atoms. The van der Waals surface area contributed by atoms with Gasteiger partial charge in [-0.15, -0.1) is 0 Å². The van der Waals surface area contributed by atoms with E-state index in [0.717, 1.165) is 57.0 Å². The number of rotatable bonds is 6. The van der Waals surface area contributed by atoms with Crippen molar-refractivity contribution in [2.24, 2.45) is 0 Å². The van der Waals surface area contributed by atoms with Gasteiger partial charge in [0.2, 0.25) is 5.91 Å². The lowest BCUT2D eigenvalue weighted by Crippen LogP contribution is -2.46. The van der Waals surface area contributed by atoms with Gasteiger partial charge in [-0.3, -0.25) is 9.69 Å². The number of carbonyl (C=O) groups is 1. The van der Waals surface area contributed by atoms with Gasteiger partial charge in [-0.25, -0.2) is 0 Å². The molecule has 2 aromatic rings. The minimum Gasteiger partial charge on any atom is -0.508 e. The van der Waals surface area contributed by atoms with Crippen molar-refractivity contribution in [2.45, 2.75) is 19.3 Å². The average molecular weight is 381 g/mol. The van der Waals surface area contributed by atoms with Crippen LogP contribution in [-0.4, -0.2) is 55.2 Å². The molecule has 4 rings (SSSR count). The second-order valence-corrected chi connectivity index (χ2v) is 7.41. The van der Waals surface area contributed by atoms with E-state index in [2.05, 4.69) is 15.1 Å². The highest BCUT2D eigenvalue weighted by atomic mass is 16.5. The quantitative estimate of drug-likeness (QED) is 0.754. The zero-order valence-electron chi connectivity index (χ0n) is 16.1. The summed E-state index contributed by atoms with van der Waals surface area (Å²) in [6.07, 6.45) is 2.34. The third kappa shape index (κ3) is 4.57. The molecule has 2 aliphatic rings. The summed E-state index contributed by atoms with van der Waals surface area (Å²) in [6, 6.07) is 13.4. The monoisotopic (exact) mass is 381 g/mol. The predicted octanol–water partition coefficient (Wildman–Crippen LogP) is 2.87. The molecule has 0 radical (unpaired) electrons. The predicted molar refractivity (Wildman–Crippen MR) is 110 cm³/mol. The Bertz CT molecular complexity index is 814. The fraction of sp³-hybridized carbons (Fsp3) is 0.409. The summed E-state index contributed by atoms with van der Waals surface area (Å²) in [5.41, 5.74) is 3.23. The smallest absolute Gasteiger partial charge is 0.224 e. The summed E-state index contributed by atoms with van der Waals surface area (Å²) < 4.78 is 5.89. The van der Waals surface area contributed by atoms with Crippen LogP contribution >= 0.6 is 0 Å². The Morgan fingerprint density at radius 1 is 1.00 bits per heavy atom. The summed E-state index contributed by atoms with van der Waals surface area (Å²) in [5, 5.41) is 12.3. The number of phenols is 1. The number of aromatic hydroxyl groups is 1. The molecule has 2 N–H and O–H groups in total. The summed E-state index contributed by atoms with van der Waals surface area (Å²) >= 11 is 0. The van der Waals surface area contributed by atoms with Gasteiger partial charge in [0, 0.05) is 56.6 Å². The standard InChI is InChI=1S/C22H27N3O3/c26-19-6-4-18(5-7-19)25-13-11-24(12-14-25)10-1-15-28-20-8-2-17-3-9-22(27)23-21(17)16-20/h2,4-8,16,26H,1,3,9-15H2,(H,23,27). The lowest BCUT2D eigenvalue weighted by atomic mass is 10.0. The van der Waals surface area contributed by atoms with Crippen LogP contribution in [0.4, 0.5) is 11.4 Å². The second kappa shape index (κ2) is 8.52. The van der Waals surface area contributed by atoms with Gasteiger partial charge in [-0.2, -0.15) is 0 Å². The second-order valence-electron chi connectivity index (χ2n) is 7.41. The van der Waals surface area contributed by atoms with Crippen molar-refractivity contribution in [1.82, 2.24) is 4.90 Å². The number of anilines is 2. The summed E-state index contributed by atoms with van der Waals surface area (Å²) in [7, 11) is 0. The Kier molecular flexibility index (Phi) is 5.67. The number of benzene rings is 2. The first kappa shape index (κ1) is 18.6. The van der Waals surface area contributed by atoms with Gasteiger partial charge < -0.3 is 20.1 Å². The number of nitrogens with one attached hydrogen (secondary N) is 1. The van der Waals surface area contributed by atoms with Crippen molar-refractivity contribution >= 4 is 17.3 Å². The van der Waals surface area contributed by atoms with Gasteiger partial charge in [0.15, 0.2) is 0 Å². The molecule has 1 saturated heterocycles. The molecular formula is C22H27N3O3. The number of piperazine rings is 1. The number of aryl methyl sites for hydroxylation is 1. The Morgan fingerprint density at radius 2 is 1.79 bits per heavy atom. The Labute approximate surface area is 165 Å². The van der Waals surface area contributed by atoms with E-state index in [-0.39, 0.29) is 5.91 Å². The molecule has 0 aliphatic carbocycles. The van der Waals surface area contributed by atoms with Crippen molar-refractivity contribution in [3.8, 4) is 11.5 Å². The number of phenolic OH excluding ortho intramolecular Hbond substituents is 1. The minimum atomic E-state index is 0.0797. The normalized spacial score (nSPS) is 17.1. The van der Waals surface area contributed by atoms with Crippen LogP contribution in [0.3, 0.4) is 0 Å². The van der Waals surface area contributed by atoms with Crippen molar-refractivity contribution in [3.63, 3.8) is 0 Å². The molecule has 2 heterocycles. The maximum absolute atomic E-state index is 11.5. The third-order valence-corrected chi connectivity index (χ3v) is 5.45. The molecule has 2 aliphatic heterocycles. The molecule has 1 fully saturated rings. The molecule has 0 saturated carbocycles. The van der Waals surface area contributed by atoms with Gasteiger partial charge in [0.05, 0.1) is 6.61 Å². The maximum atomic E-state index is 11.5. The molecule has 1 amide bonds. The zero-order chi connectivity index (χ0) is 19.3. The van der Waals surface area contributed by atoms with Crippen molar-refractivity contribution in [2.75, 3.05) is 49.5 Å². The number of hydrogen-bond acceptors (Lipinski definition) is 5. The van der Waals surface area contributed by atoms with Crippen LogP contribution in [0.15, 0.2) is 42.5 Å². The SMILES string of the molecule is O=C1CCc2ccc(OCCCN3CCN(c4ccc(O)cc4)CC3)cc2N1. The van der Waals surface area contributed by atoms with E-state index in [0.29, 0.717) is 18.8 Å². The highest BCUT2D eigenvalue weighted by Gasteiger charge is 2.17. The Hall–Kier alpha value is -2.73. The number of amides is 1. The van der Waals surface area contributed by atoms with E-state index in [1.165, 1.54) is 11.3 Å². The van der Waals surface area contributed by atoms with Gasteiger partial charge in [-0.05, 0) is 48.7 Å².